The molecule has 5 heteroatoms. The first kappa shape index (κ1) is 20.3. The fourth-order valence-corrected chi connectivity index (χ4v) is 5.27. The fourth-order valence-electron chi connectivity index (χ4n) is 4.04. The summed E-state index contributed by atoms with van der Waals surface area (Å²) < 4.78 is 0. The van der Waals surface area contributed by atoms with Gasteiger partial charge in [-0.15, -0.1) is 11.3 Å². The predicted octanol–water partition coefficient (Wildman–Crippen LogP) is 5.16. The summed E-state index contributed by atoms with van der Waals surface area (Å²) in [6.07, 6.45) is 0.851. The van der Waals surface area contributed by atoms with Crippen LogP contribution in [0.25, 0.3) is 0 Å². The Kier molecular flexibility index (Phi) is 5.98. The number of rotatable bonds is 5. The summed E-state index contributed by atoms with van der Waals surface area (Å²) >= 11 is 1.55. The van der Waals surface area contributed by atoms with Crippen molar-refractivity contribution in [3.05, 3.63) is 87.8 Å². The lowest BCUT2D eigenvalue weighted by Crippen LogP contribution is -2.35. The summed E-state index contributed by atoms with van der Waals surface area (Å²) in [6, 6.07) is 22.4. The van der Waals surface area contributed by atoms with E-state index in [1.54, 1.807) is 11.3 Å². The maximum Gasteiger partial charge on any atom is 0.237 e. The molecule has 30 heavy (non-hydrogen) atoms. The van der Waals surface area contributed by atoms with E-state index in [-0.39, 0.29) is 5.91 Å². The molecule has 0 aliphatic carbocycles. The molecule has 1 aliphatic rings. The van der Waals surface area contributed by atoms with Crippen LogP contribution in [-0.4, -0.2) is 23.4 Å². The fraction of sp³-hybridized carbons (Fsp3) is 0.280. The normalized spacial score (nSPS) is 13.8. The van der Waals surface area contributed by atoms with Crippen LogP contribution in [0.5, 0.6) is 0 Å². The Bertz CT molecular complexity index is 1030. The molecule has 0 atom stereocenters. The molecule has 0 bridgehead atoms. The Hall–Kier alpha value is -2.94. The molecular weight excluding hydrogens is 390 g/mol. The molecule has 0 radical (unpaired) electrons. The van der Waals surface area contributed by atoms with Crippen molar-refractivity contribution in [2.24, 2.45) is 0 Å². The summed E-state index contributed by atoms with van der Waals surface area (Å²) in [4.78, 5) is 17.0. The third kappa shape index (κ3) is 4.02. The van der Waals surface area contributed by atoms with E-state index in [1.807, 2.05) is 60.7 Å². The highest BCUT2D eigenvalue weighted by molar-refractivity contribution is 7.16. The van der Waals surface area contributed by atoms with Gasteiger partial charge in [0.25, 0.3) is 0 Å². The maximum absolute atomic E-state index is 13.4. The van der Waals surface area contributed by atoms with Crippen molar-refractivity contribution >= 4 is 22.2 Å². The second-order valence-corrected chi connectivity index (χ2v) is 8.98. The Morgan fingerprint density at radius 2 is 1.67 bits per heavy atom. The molecule has 1 aliphatic heterocycles. The van der Waals surface area contributed by atoms with Gasteiger partial charge in [0.05, 0.1) is 11.5 Å². The number of amides is 1. The third-order valence-corrected chi connectivity index (χ3v) is 6.83. The van der Waals surface area contributed by atoms with Crippen LogP contribution in [0, 0.1) is 11.3 Å². The largest absolute Gasteiger partial charge is 0.316 e. The number of nitrogens with one attached hydrogen (secondary N) is 1. The summed E-state index contributed by atoms with van der Waals surface area (Å²) in [5.41, 5.74) is 3.61. The first-order valence-corrected chi connectivity index (χ1v) is 11.1. The quantitative estimate of drug-likeness (QED) is 0.626. The van der Waals surface area contributed by atoms with Crippen LogP contribution in [0.2, 0.25) is 0 Å². The van der Waals surface area contributed by atoms with Crippen molar-refractivity contribution in [3.8, 4) is 6.07 Å². The zero-order valence-electron chi connectivity index (χ0n) is 17.3. The van der Waals surface area contributed by atoms with Gasteiger partial charge in [0.2, 0.25) is 5.91 Å². The lowest BCUT2D eigenvalue weighted by atomic mass is 9.90. The first-order chi connectivity index (χ1) is 14.6. The van der Waals surface area contributed by atoms with Gasteiger partial charge in [-0.05, 0) is 37.0 Å². The molecule has 0 unspecified atom stereocenters. The molecule has 1 aromatic heterocycles. The van der Waals surface area contributed by atoms with E-state index in [9.17, 15) is 10.1 Å². The smallest absolute Gasteiger partial charge is 0.237 e. The van der Waals surface area contributed by atoms with Gasteiger partial charge < -0.3 is 5.32 Å². The number of nitriles is 1. The Labute approximate surface area is 181 Å². The second-order valence-electron chi connectivity index (χ2n) is 7.88. The average molecular weight is 416 g/mol. The molecule has 2 heterocycles. The summed E-state index contributed by atoms with van der Waals surface area (Å²) in [6.45, 7) is 6.16. The van der Waals surface area contributed by atoms with Crippen molar-refractivity contribution in [1.29, 1.82) is 5.26 Å². The summed E-state index contributed by atoms with van der Waals surface area (Å²) in [5, 5.41) is 13.6. The van der Waals surface area contributed by atoms with Gasteiger partial charge in [0.1, 0.15) is 11.1 Å². The number of benzene rings is 2. The van der Waals surface area contributed by atoms with Crippen LogP contribution in [0.1, 0.15) is 46.9 Å². The van der Waals surface area contributed by atoms with Crippen LogP contribution >= 0.6 is 11.3 Å². The molecule has 0 spiro atoms. The molecule has 4 rings (SSSR count). The zero-order chi connectivity index (χ0) is 21.1. The van der Waals surface area contributed by atoms with Gasteiger partial charge in [0.15, 0.2) is 0 Å². The van der Waals surface area contributed by atoms with Crippen molar-refractivity contribution in [1.82, 2.24) is 4.90 Å². The van der Waals surface area contributed by atoms with Crippen LogP contribution in [0.15, 0.2) is 60.7 Å². The highest BCUT2D eigenvalue weighted by atomic mass is 32.1. The molecule has 152 valence electrons. The van der Waals surface area contributed by atoms with E-state index in [0.717, 1.165) is 36.2 Å². The van der Waals surface area contributed by atoms with Crippen molar-refractivity contribution < 1.29 is 4.79 Å². The summed E-state index contributed by atoms with van der Waals surface area (Å²) in [5.74, 6) is -0.534. The number of carbonyl (C=O) groups excluding carboxylic acids is 1. The Morgan fingerprint density at radius 3 is 2.20 bits per heavy atom. The molecule has 3 aromatic rings. The molecule has 0 fully saturated rings. The van der Waals surface area contributed by atoms with E-state index < -0.39 is 5.92 Å². The number of nitrogens with zero attached hydrogens (tertiary/aromatic N) is 2. The molecule has 1 N–H and O–H groups in total. The minimum absolute atomic E-state index is 0.108. The van der Waals surface area contributed by atoms with E-state index in [4.69, 9.17) is 0 Å². The molecule has 0 saturated carbocycles. The minimum atomic E-state index is -0.426. The van der Waals surface area contributed by atoms with Gasteiger partial charge in [-0.25, -0.2) is 0 Å². The van der Waals surface area contributed by atoms with Crippen LogP contribution in [-0.2, 0) is 17.8 Å². The lowest BCUT2D eigenvalue weighted by Gasteiger charge is -2.30. The van der Waals surface area contributed by atoms with Gasteiger partial charge >= 0.3 is 0 Å². The number of fused-ring (bicyclic) bond motifs is 1. The van der Waals surface area contributed by atoms with Crippen LogP contribution in [0.3, 0.4) is 0 Å². The molecule has 0 saturated heterocycles. The average Bonchev–Trinajstić information content (AvgIpc) is 3.11. The maximum atomic E-state index is 13.4. The number of hydrogen-bond acceptors (Lipinski definition) is 4. The zero-order valence-corrected chi connectivity index (χ0v) is 18.1. The monoisotopic (exact) mass is 415 g/mol. The number of carbonyl (C=O) groups is 1. The number of hydrogen-bond donors (Lipinski definition) is 1. The van der Waals surface area contributed by atoms with Gasteiger partial charge in [0, 0.05) is 24.0 Å². The Morgan fingerprint density at radius 1 is 1.07 bits per heavy atom. The van der Waals surface area contributed by atoms with Gasteiger partial charge in [-0.2, -0.15) is 5.26 Å². The lowest BCUT2D eigenvalue weighted by molar-refractivity contribution is -0.116. The topological polar surface area (TPSA) is 56.1 Å². The molecule has 2 aromatic carbocycles. The molecular formula is C25H25N3OS. The van der Waals surface area contributed by atoms with Gasteiger partial charge in [-0.3, -0.25) is 9.69 Å². The Balaban J connectivity index is 1.66. The first-order valence-electron chi connectivity index (χ1n) is 10.3. The van der Waals surface area contributed by atoms with E-state index in [0.29, 0.717) is 16.6 Å². The highest BCUT2D eigenvalue weighted by Gasteiger charge is 2.28. The van der Waals surface area contributed by atoms with Gasteiger partial charge in [-0.1, -0.05) is 60.7 Å². The van der Waals surface area contributed by atoms with E-state index in [2.05, 4.69) is 30.1 Å². The van der Waals surface area contributed by atoms with E-state index >= 15 is 0 Å². The highest BCUT2D eigenvalue weighted by Crippen LogP contribution is 2.38. The number of anilines is 1. The predicted molar refractivity (Wildman–Crippen MR) is 122 cm³/mol. The number of thiophene rings is 1. The standard InChI is InChI=1S/C25H25N3OS/c1-17(2)28-14-13-20-21(15-26)25(30-22(20)16-28)27-24(29)23(18-9-5-3-6-10-18)19-11-7-4-8-12-19/h3-12,17,23H,13-14,16H2,1-2H3,(H,27,29). The minimum Gasteiger partial charge on any atom is -0.316 e. The van der Waals surface area contributed by atoms with Crippen molar-refractivity contribution in [2.75, 3.05) is 11.9 Å². The van der Waals surface area contributed by atoms with Crippen LogP contribution < -0.4 is 5.32 Å². The molecule has 4 nitrogen and oxygen atoms in total. The molecule has 1 amide bonds. The van der Waals surface area contributed by atoms with Crippen LogP contribution in [0.4, 0.5) is 5.00 Å². The van der Waals surface area contributed by atoms with E-state index in [1.165, 1.54) is 4.88 Å². The van der Waals surface area contributed by atoms with Crippen molar-refractivity contribution in [3.63, 3.8) is 0 Å². The second kappa shape index (κ2) is 8.83. The van der Waals surface area contributed by atoms with Crippen molar-refractivity contribution in [2.45, 2.75) is 38.8 Å². The third-order valence-electron chi connectivity index (χ3n) is 5.69. The SMILES string of the molecule is CC(C)N1CCc2c(sc(NC(=O)C(c3ccccc3)c3ccccc3)c2C#N)C1. The summed E-state index contributed by atoms with van der Waals surface area (Å²) in [7, 11) is 0.